The molecule has 1 aromatic rings. The van der Waals surface area contributed by atoms with Crippen molar-refractivity contribution in [2.45, 2.75) is 13.8 Å². The fourth-order valence-electron chi connectivity index (χ4n) is 0.900. The lowest BCUT2D eigenvalue weighted by atomic mass is 10.1. The van der Waals surface area contributed by atoms with E-state index in [0.717, 1.165) is 0 Å². The Kier molecular flexibility index (Phi) is 5.78. The summed E-state index contributed by atoms with van der Waals surface area (Å²) in [5.41, 5.74) is 0.310. The smallest absolute Gasteiger partial charge is 0.341 e. The molecule has 0 saturated carbocycles. The number of aromatic hydroxyl groups is 1. The number of ether oxygens (including phenoxy) is 1. The van der Waals surface area contributed by atoms with Gasteiger partial charge in [-0.25, -0.2) is 4.79 Å². The first kappa shape index (κ1) is 13.2. The minimum atomic E-state index is -0.666. The lowest BCUT2D eigenvalue weighted by Gasteiger charge is -2.02. The van der Waals surface area contributed by atoms with Gasteiger partial charge in [0.15, 0.2) is 0 Å². The van der Waals surface area contributed by atoms with Crippen LogP contribution < -0.4 is 0 Å². The molecular formula is C11H14O4. The topological polar surface area (TPSA) is 63.6 Å². The van der Waals surface area contributed by atoms with Gasteiger partial charge >= 0.3 is 5.97 Å². The summed E-state index contributed by atoms with van der Waals surface area (Å²) < 4.78 is 4.40. The van der Waals surface area contributed by atoms with Crippen LogP contribution in [0.5, 0.6) is 5.75 Å². The van der Waals surface area contributed by atoms with E-state index in [1.807, 2.05) is 13.8 Å². The lowest BCUT2D eigenvalue weighted by molar-refractivity contribution is 0.0597. The summed E-state index contributed by atoms with van der Waals surface area (Å²) >= 11 is 0. The van der Waals surface area contributed by atoms with E-state index in [0.29, 0.717) is 11.8 Å². The van der Waals surface area contributed by atoms with Crippen LogP contribution >= 0.6 is 0 Å². The molecular weight excluding hydrogens is 196 g/mol. The number of methoxy groups -OCH3 is 1. The number of esters is 1. The van der Waals surface area contributed by atoms with Gasteiger partial charge in [-0.2, -0.15) is 0 Å². The van der Waals surface area contributed by atoms with Crippen molar-refractivity contribution in [1.29, 1.82) is 0 Å². The Morgan fingerprint density at radius 3 is 2.47 bits per heavy atom. The molecule has 0 heterocycles. The second kappa shape index (κ2) is 6.59. The third-order valence-electron chi connectivity index (χ3n) is 1.56. The average molecular weight is 210 g/mol. The van der Waals surface area contributed by atoms with Crippen molar-refractivity contribution in [2.75, 3.05) is 7.11 Å². The molecule has 15 heavy (non-hydrogen) atoms. The molecule has 0 radical (unpaired) electrons. The van der Waals surface area contributed by atoms with Crippen molar-refractivity contribution < 1.29 is 19.4 Å². The van der Waals surface area contributed by atoms with E-state index >= 15 is 0 Å². The van der Waals surface area contributed by atoms with E-state index in [1.54, 1.807) is 0 Å². The zero-order valence-electron chi connectivity index (χ0n) is 8.98. The third-order valence-corrected chi connectivity index (χ3v) is 1.56. The highest BCUT2D eigenvalue weighted by Gasteiger charge is 2.11. The highest BCUT2D eigenvalue weighted by atomic mass is 16.5. The molecule has 0 atom stereocenters. The Hall–Kier alpha value is -1.84. The number of carbonyl (C=O) groups is 2. The van der Waals surface area contributed by atoms with E-state index in [1.165, 1.54) is 25.3 Å². The molecule has 0 aromatic heterocycles. The van der Waals surface area contributed by atoms with E-state index < -0.39 is 5.97 Å². The van der Waals surface area contributed by atoms with E-state index in [2.05, 4.69) is 4.74 Å². The minimum absolute atomic E-state index is 0.00731. The predicted molar refractivity (Wildman–Crippen MR) is 56.2 cm³/mol. The van der Waals surface area contributed by atoms with E-state index in [-0.39, 0.29) is 11.3 Å². The maximum atomic E-state index is 11.0. The zero-order chi connectivity index (χ0) is 11.8. The molecule has 0 fully saturated rings. The molecule has 82 valence electrons. The van der Waals surface area contributed by atoms with Crippen molar-refractivity contribution >= 4 is 12.3 Å². The Morgan fingerprint density at radius 2 is 2.00 bits per heavy atom. The number of phenolic OH excluding ortho intramolecular Hbond substituents is 1. The van der Waals surface area contributed by atoms with Gasteiger partial charge in [-0.05, 0) is 18.2 Å². The van der Waals surface area contributed by atoms with Crippen LogP contribution in [0.2, 0.25) is 0 Å². The Bertz CT molecular complexity index is 344. The van der Waals surface area contributed by atoms with Crippen molar-refractivity contribution in [3.8, 4) is 5.75 Å². The van der Waals surface area contributed by atoms with Crippen LogP contribution in [0, 0.1) is 0 Å². The van der Waals surface area contributed by atoms with Crippen molar-refractivity contribution in [3.05, 3.63) is 29.3 Å². The number of carbonyl (C=O) groups excluding carboxylic acids is 2. The molecule has 1 N–H and O–H groups in total. The number of rotatable bonds is 2. The first-order valence-electron chi connectivity index (χ1n) is 4.55. The largest absolute Gasteiger partial charge is 0.507 e. The second-order valence-corrected chi connectivity index (χ2v) is 2.39. The standard InChI is InChI=1S/C9H8O4.C2H6/c1-13-9(12)7-4-6(5-10)2-3-8(7)11;1-2/h2-5,11H,1H3;1-2H3. The molecule has 0 aliphatic rings. The van der Waals surface area contributed by atoms with Crippen molar-refractivity contribution in [2.24, 2.45) is 0 Å². The van der Waals surface area contributed by atoms with E-state index in [9.17, 15) is 14.7 Å². The van der Waals surface area contributed by atoms with E-state index in [4.69, 9.17) is 0 Å². The summed E-state index contributed by atoms with van der Waals surface area (Å²) in [6, 6.07) is 3.96. The van der Waals surface area contributed by atoms with Gasteiger partial charge in [0.05, 0.1) is 7.11 Å². The fourth-order valence-corrected chi connectivity index (χ4v) is 0.900. The first-order chi connectivity index (χ1) is 7.19. The van der Waals surface area contributed by atoms with Gasteiger partial charge < -0.3 is 9.84 Å². The van der Waals surface area contributed by atoms with Crippen LogP contribution in [0.15, 0.2) is 18.2 Å². The third kappa shape index (κ3) is 3.42. The quantitative estimate of drug-likeness (QED) is 0.599. The number of hydrogen-bond acceptors (Lipinski definition) is 4. The Morgan fingerprint density at radius 1 is 1.40 bits per heavy atom. The van der Waals surface area contributed by atoms with Crippen LogP contribution in [0.1, 0.15) is 34.6 Å². The van der Waals surface area contributed by atoms with Crippen molar-refractivity contribution in [3.63, 3.8) is 0 Å². The van der Waals surface area contributed by atoms with Gasteiger partial charge in [-0.1, -0.05) is 13.8 Å². The minimum Gasteiger partial charge on any atom is -0.507 e. The fraction of sp³-hybridized carbons (Fsp3) is 0.273. The molecule has 0 saturated heterocycles. The van der Waals surface area contributed by atoms with Crippen LogP contribution in [0.4, 0.5) is 0 Å². The number of benzene rings is 1. The summed E-state index contributed by atoms with van der Waals surface area (Å²) in [6.45, 7) is 4.00. The van der Waals surface area contributed by atoms with Crippen LogP contribution in [-0.4, -0.2) is 24.5 Å². The molecule has 1 rings (SSSR count). The zero-order valence-corrected chi connectivity index (χ0v) is 8.98. The molecule has 1 aromatic carbocycles. The van der Waals surface area contributed by atoms with Gasteiger partial charge in [0.25, 0.3) is 0 Å². The lowest BCUT2D eigenvalue weighted by Crippen LogP contribution is -2.02. The highest BCUT2D eigenvalue weighted by molar-refractivity contribution is 5.94. The molecule has 0 amide bonds. The molecule has 0 aliphatic carbocycles. The SMILES string of the molecule is CC.COC(=O)c1cc(C=O)ccc1O. The summed E-state index contributed by atoms with van der Waals surface area (Å²) in [7, 11) is 1.20. The van der Waals surface area contributed by atoms with Crippen LogP contribution in [-0.2, 0) is 4.74 Å². The maximum absolute atomic E-state index is 11.0. The number of hydrogen-bond donors (Lipinski definition) is 1. The normalized spacial score (nSPS) is 8.47. The number of aldehydes is 1. The summed E-state index contributed by atoms with van der Waals surface area (Å²) in [6.07, 6.45) is 0.589. The first-order valence-corrected chi connectivity index (χ1v) is 4.55. The highest BCUT2D eigenvalue weighted by Crippen LogP contribution is 2.18. The number of phenols is 1. The van der Waals surface area contributed by atoms with Crippen LogP contribution in [0.25, 0.3) is 0 Å². The molecule has 0 spiro atoms. The van der Waals surface area contributed by atoms with Gasteiger partial charge in [0, 0.05) is 5.56 Å². The monoisotopic (exact) mass is 210 g/mol. The average Bonchev–Trinajstić information content (AvgIpc) is 2.31. The molecule has 4 nitrogen and oxygen atoms in total. The molecule has 0 bridgehead atoms. The molecule has 4 heteroatoms. The summed E-state index contributed by atoms with van der Waals surface area (Å²) in [5.74, 6) is -0.862. The van der Waals surface area contributed by atoms with Crippen molar-refractivity contribution in [1.82, 2.24) is 0 Å². The van der Waals surface area contributed by atoms with Gasteiger partial charge in [0.1, 0.15) is 17.6 Å². The predicted octanol–water partition coefficient (Wildman–Crippen LogP) is 2.02. The van der Waals surface area contributed by atoms with Gasteiger partial charge in [-0.3, -0.25) is 4.79 Å². The second-order valence-electron chi connectivity index (χ2n) is 2.39. The summed E-state index contributed by atoms with van der Waals surface area (Å²) in [5, 5.41) is 9.22. The maximum Gasteiger partial charge on any atom is 0.341 e. The van der Waals surface area contributed by atoms with Crippen LogP contribution in [0.3, 0.4) is 0 Å². The Labute approximate surface area is 88.5 Å². The van der Waals surface area contributed by atoms with Gasteiger partial charge in [-0.15, -0.1) is 0 Å². The molecule has 0 unspecified atom stereocenters. The summed E-state index contributed by atoms with van der Waals surface area (Å²) in [4.78, 5) is 21.4. The van der Waals surface area contributed by atoms with Gasteiger partial charge in [0.2, 0.25) is 0 Å². The molecule has 0 aliphatic heterocycles. The Balaban J connectivity index is 0.000000921.